The van der Waals surface area contributed by atoms with Crippen LogP contribution in [0.5, 0.6) is 11.5 Å². The molecule has 2 atom stereocenters. The molecule has 0 saturated carbocycles. The molecule has 0 aliphatic rings. The maximum atomic E-state index is 12.7. The number of aromatic nitrogens is 1. The number of phenolic OH excluding ortho intramolecular Hbond substituents is 1. The number of amides is 1. The summed E-state index contributed by atoms with van der Waals surface area (Å²) in [5.41, 5.74) is 2.11. The normalized spacial score (nSPS) is 13.0. The molecule has 176 valence electrons. The number of nitrogens with one attached hydrogen (secondary N) is 2. The van der Waals surface area contributed by atoms with E-state index >= 15 is 0 Å². The summed E-state index contributed by atoms with van der Waals surface area (Å²) in [4.78, 5) is 39.3. The van der Waals surface area contributed by atoms with E-state index in [9.17, 15) is 24.6 Å². The number of carbonyl (C=O) groups excluding carboxylic acids is 1. The molecular weight excluding hydrogens is 440 g/mol. The number of aromatic hydroxyl groups is 1. The molecule has 4 N–H and O–H groups in total. The van der Waals surface area contributed by atoms with E-state index in [2.05, 4.69) is 10.3 Å². The Kier molecular flexibility index (Phi) is 6.27. The van der Waals surface area contributed by atoms with Crippen molar-refractivity contribution in [3.05, 3.63) is 70.2 Å². The number of H-pyrrole nitrogens is 1. The molecule has 0 aliphatic carbocycles. The van der Waals surface area contributed by atoms with Gasteiger partial charge < -0.3 is 29.7 Å². The van der Waals surface area contributed by atoms with Crippen LogP contribution in [0.25, 0.3) is 21.9 Å². The molecule has 1 amide bonds. The van der Waals surface area contributed by atoms with Crippen molar-refractivity contribution in [1.29, 1.82) is 0 Å². The van der Waals surface area contributed by atoms with Gasteiger partial charge in [-0.1, -0.05) is 6.92 Å². The van der Waals surface area contributed by atoms with Crippen molar-refractivity contribution in [3.8, 4) is 11.5 Å². The van der Waals surface area contributed by atoms with Crippen LogP contribution in [-0.4, -0.2) is 39.2 Å². The zero-order chi connectivity index (χ0) is 24.4. The third-order valence-electron chi connectivity index (χ3n) is 5.65. The Morgan fingerprint density at radius 3 is 2.65 bits per heavy atom. The molecule has 0 bridgehead atoms. The molecule has 2 heterocycles. The van der Waals surface area contributed by atoms with Crippen LogP contribution in [0.3, 0.4) is 0 Å². The Hall–Kier alpha value is -4.27. The smallest absolute Gasteiger partial charge is 0.336 e. The zero-order valence-corrected chi connectivity index (χ0v) is 18.6. The van der Waals surface area contributed by atoms with Gasteiger partial charge in [0.25, 0.3) is 5.91 Å². The van der Waals surface area contributed by atoms with E-state index in [1.807, 2.05) is 6.92 Å². The van der Waals surface area contributed by atoms with Crippen LogP contribution in [0, 0.1) is 0 Å². The Balaban J connectivity index is 1.48. The van der Waals surface area contributed by atoms with Gasteiger partial charge in [-0.25, -0.2) is 9.59 Å². The number of benzene rings is 2. The average Bonchev–Trinajstić information content (AvgIpc) is 3.19. The number of aromatic amines is 1. The van der Waals surface area contributed by atoms with E-state index in [4.69, 9.17) is 9.15 Å². The summed E-state index contributed by atoms with van der Waals surface area (Å²) in [5.74, 6) is -1.44. The molecule has 34 heavy (non-hydrogen) atoms. The summed E-state index contributed by atoms with van der Waals surface area (Å²) in [6, 6.07) is 9.94. The third-order valence-corrected chi connectivity index (χ3v) is 5.65. The molecular formula is C25H24N2O7. The van der Waals surface area contributed by atoms with E-state index in [1.165, 1.54) is 31.2 Å². The van der Waals surface area contributed by atoms with Crippen molar-refractivity contribution in [2.45, 2.75) is 38.8 Å². The van der Waals surface area contributed by atoms with Crippen molar-refractivity contribution in [3.63, 3.8) is 0 Å². The van der Waals surface area contributed by atoms with Crippen LogP contribution in [0.1, 0.15) is 25.0 Å². The van der Waals surface area contributed by atoms with Crippen molar-refractivity contribution in [2.24, 2.45) is 0 Å². The van der Waals surface area contributed by atoms with Crippen molar-refractivity contribution in [1.82, 2.24) is 10.3 Å². The van der Waals surface area contributed by atoms with Gasteiger partial charge in [0.1, 0.15) is 23.1 Å². The van der Waals surface area contributed by atoms with Gasteiger partial charge in [-0.05, 0) is 54.8 Å². The average molecular weight is 464 g/mol. The second-order valence-electron chi connectivity index (χ2n) is 8.01. The number of ether oxygens (including phenoxy) is 1. The number of aryl methyl sites for hydroxylation is 1. The number of rotatable bonds is 8. The monoisotopic (exact) mass is 464 g/mol. The maximum absolute atomic E-state index is 12.7. The molecule has 0 aliphatic heterocycles. The fourth-order valence-corrected chi connectivity index (χ4v) is 3.88. The molecule has 2 aromatic carbocycles. The largest absolute Gasteiger partial charge is 0.508 e. The van der Waals surface area contributed by atoms with Gasteiger partial charge in [-0.3, -0.25) is 4.79 Å². The van der Waals surface area contributed by atoms with Gasteiger partial charge in [0.15, 0.2) is 6.10 Å². The Morgan fingerprint density at radius 2 is 1.91 bits per heavy atom. The third kappa shape index (κ3) is 4.73. The molecule has 2 aromatic heterocycles. The molecule has 0 fully saturated rings. The van der Waals surface area contributed by atoms with Crippen LogP contribution in [-0.2, 0) is 22.4 Å². The summed E-state index contributed by atoms with van der Waals surface area (Å²) in [6.45, 7) is 3.43. The highest BCUT2D eigenvalue weighted by Crippen LogP contribution is 2.25. The van der Waals surface area contributed by atoms with Gasteiger partial charge >= 0.3 is 11.6 Å². The summed E-state index contributed by atoms with van der Waals surface area (Å²) in [6.07, 6.45) is 1.32. The highest BCUT2D eigenvalue weighted by atomic mass is 16.5. The predicted octanol–water partition coefficient (Wildman–Crippen LogP) is 3.12. The number of hydrogen-bond donors (Lipinski definition) is 4. The van der Waals surface area contributed by atoms with Gasteiger partial charge in [0, 0.05) is 41.0 Å². The first-order chi connectivity index (χ1) is 16.2. The van der Waals surface area contributed by atoms with Crippen molar-refractivity contribution < 1.29 is 29.0 Å². The first-order valence-electron chi connectivity index (χ1n) is 10.8. The van der Waals surface area contributed by atoms with E-state index in [0.29, 0.717) is 28.7 Å². The fourth-order valence-electron chi connectivity index (χ4n) is 3.88. The minimum Gasteiger partial charge on any atom is -0.508 e. The minimum absolute atomic E-state index is 0.0121. The Bertz CT molecular complexity index is 1440. The zero-order valence-electron chi connectivity index (χ0n) is 18.6. The van der Waals surface area contributed by atoms with E-state index < -0.39 is 29.6 Å². The first kappa shape index (κ1) is 22.9. The molecule has 9 heteroatoms. The first-order valence-corrected chi connectivity index (χ1v) is 10.8. The molecule has 4 rings (SSSR count). The second kappa shape index (κ2) is 9.30. The lowest BCUT2D eigenvalue weighted by molar-refractivity contribution is -0.142. The fraction of sp³-hybridized carbons (Fsp3) is 0.240. The number of fused-ring (bicyclic) bond motifs is 2. The summed E-state index contributed by atoms with van der Waals surface area (Å²) < 4.78 is 10.9. The van der Waals surface area contributed by atoms with E-state index in [1.54, 1.807) is 24.4 Å². The summed E-state index contributed by atoms with van der Waals surface area (Å²) >= 11 is 0. The van der Waals surface area contributed by atoms with Crippen LogP contribution in [0.15, 0.2) is 57.9 Å². The standard InChI is InChI=1S/C25H24N2O7/c1-3-14-9-23(29)34-22-11-17(5-6-18(14)22)33-13(2)24(30)27-21(25(31)32)8-15-12-26-20-7-4-16(28)10-19(15)20/h4-7,9-13,21,26,28H,3,8H2,1-2H3,(H,27,30)(H,31,32)/t13-,21+/m0/s1. The van der Waals surface area contributed by atoms with Crippen molar-refractivity contribution >= 4 is 33.7 Å². The van der Waals surface area contributed by atoms with Crippen LogP contribution < -0.4 is 15.7 Å². The van der Waals surface area contributed by atoms with Gasteiger partial charge in [0.2, 0.25) is 0 Å². The number of carbonyl (C=O) groups is 2. The molecule has 9 nitrogen and oxygen atoms in total. The van der Waals surface area contributed by atoms with Gasteiger partial charge in [-0.2, -0.15) is 0 Å². The molecule has 0 saturated heterocycles. The second-order valence-corrected chi connectivity index (χ2v) is 8.01. The number of aliphatic carboxylic acids is 1. The van der Waals surface area contributed by atoms with E-state index in [-0.39, 0.29) is 12.2 Å². The van der Waals surface area contributed by atoms with Crippen LogP contribution >= 0.6 is 0 Å². The lowest BCUT2D eigenvalue weighted by atomic mass is 10.0. The minimum atomic E-state index is -1.21. The Labute approximate surface area is 194 Å². The van der Waals surface area contributed by atoms with Gasteiger partial charge in [0.05, 0.1) is 0 Å². The Morgan fingerprint density at radius 1 is 1.12 bits per heavy atom. The van der Waals surface area contributed by atoms with E-state index in [0.717, 1.165) is 16.5 Å². The molecule has 4 aromatic rings. The maximum Gasteiger partial charge on any atom is 0.336 e. The van der Waals surface area contributed by atoms with Crippen LogP contribution in [0.4, 0.5) is 0 Å². The molecule has 0 radical (unpaired) electrons. The topological polar surface area (TPSA) is 142 Å². The number of carboxylic acid groups (broad SMARTS) is 1. The van der Waals surface area contributed by atoms with Crippen molar-refractivity contribution in [2.75, 3.05) is 0 Å². The number of hydrogen-bond acceptors (Lipinski definition) is 6. The molecule has 0 unspecified atom stereocenters. The highest BCUT2D eigenvalue weighted by Gasteiger charge is 2.25. The number of phenols is 1. The quantitative estimate of drug-likeness (QED) is 0.294. The summed E-state index contributed by atoms with van der Waals surface area (Å²) in [7, 11) is 0. The SMILES string of the molecule is CCc1cc(=O)oc2cc(O[C@@H](C)C(=O)N[C@H](Cc3c[nH]c4ccc(O)cc34)C(=O)O)ccc12. The lowest BCUT2D eigenvalue weighted by Crippen LogP contribution is -2.47. The summed E-state index contributed by atoms with van der Waals surface area (Å²) in [5, 5.41) is 23.4. The highest BCUT2D eigenvalue weighted by molar-refractivity contribution is 5.89. The van der Waals surface area contributed by atoms with Gasteiger partial charge in [-0.15, -0.1) is 0 Å². The molecule has 0 spiro atoms. The number of carboxylic acids is 1. The van der Waals surface area contributed by atoms with Crippen LogP contribution in [0.2, 0.25) is 0 Å². The predicted molar refractivity (Wildman–Crippen MR) is 125 cm³/mol. The lowest BCUT2D eigenvalue weighted by Gasteiger charge is -2.19.